The van der Waals surface area contributed by atoms with Gasteiger partial charge in [0.15, 0.2) is 0 Å². The van der Waals surface area contributed by atoms with Gasteiger partial charge in [0, 0.05) is 24.3 Å². The van der Waals surface area contributed by atoms with E-state index in [1.807, 2.05) is 6.92 Å². The molecule has 0 spiro atoms. The summed E-state index contributed by atoms with van der Waals surface area (Å²) >= 11 is 0. The molecule has 0 saturated carbocycles. The van der Waals surface area contributed by atoms with Crippen molar-refractivity contribution >= 4 is 27.3 Å². The molecule has 1 amide bonds. The van der Waals surface area contributed by atoms with E-state index in [2.05, 4.69) is 15.4 Å². The summed E-state index contributed by atoms with van der Waals surface area (Å²) < 4.78 is 25.7. The highest BCUT2D eigenvalue weighted by atomic mass is 32.2. The van der Waals surface area contributed by atoms with Gasteiger partial charge in [-0.1, -0.05) is 6.92 Å². The van der Waals surface area contributed by atoms with Gasteiger partial charge in [-0.15, -0.1) is 0 Å². The lowest BCUT2D eigenvalue weighted by atomic mass is 10.3. The number of amides is 1. The Bertz CT molecular complexity index is 526. The fourth-order valence-electron chi connectivity index (χ4n) is 1.58. The number of carbonyl (C=O) groups excluding carboxylic acids is 1. The van der Waals surface area contributed by atoms with Crippen LogP contribution in [0.3, 0.4) is 0 Å². The van der Waals surface area contributed by atoms with Crippen molar-refractivity contribution in [3.05, 3.63) is 24.3 Å². The van der Waals surface area contributed by atoms with Crippen molar-refractivity contribution in [2.75, 3.05) is 29.4 Å². The third-order valence-electron chi connectivity index (χ3n) is 2.52. The van der Waals surface area contributed by atoms with Gasteiger partial charge in [0.1, 0.15) is 0 Å². The number of hydrogen-bond donors (Lipinski definition) is 3. The van der Waals surface area contributed by atoms with Crippen molar-refractivity contribution in [3.63, 3.8) is 0 Å². The molecular formula is C13H21N3O3S. The van der Waals surface area contributed by atoms with Crippen LogP contribution in [-0.2, 0) is 14.8 Å². The Kier molecular flexibility index (Phi) is 6.47. The number of hydrogen-bond acceptors (Lipinski definition) is 4. The summed E-state index contributed by atoms with van der Waals surface area (Å²) in [6.45, 7) is 2.42. The number of sulfonamides is 1. The van der Waals surface area contributed by atoms with Gasteiger partial charge < -0.3 is 10.6 Å². The highest BCUT2D eigenvalue weighted by Gasteiger charge is 2.08. The molecule has 20 heavy (non-hydrogen) atoms. The lowest BCUT2D eigenvalue weighted by molar-refractivity contribution is -0.116. The van der Waals surface area contributed by atoms with Crippen molar-refractivity contribution in [2.24, 2.45) is 0 Å². The molecule has 1 aromatic carbocycles. The lowest BCUT2D eigenvalue weighted by Gasteiger charge is -2.09. The molecule has 0 atom stereocenters. The number of rotatable bonds is 8. The molecule has 0 bridgehead atoms. The van der Waals surface area contributed by atoms with Gasteiger partial charge in [-0.2, -0.15) is 0 Å². The first-order valence-corrected chi connectivity index (χ1v) is 8.17. The van der Waals surface area contributed by atoms with E-state index >= 15 is 0 Å². The van der Waals surface area contributed by atoms with E-state index < -0.39 is 10.0 Å². The van der Waals surface area contributed by atoms with E-state index in [0.717, 1.165) is 0 Å². The van der Waals surface area contributed by atoms with Gasteiger partial charge >= 0.3 is 0 Å². The average Bonchev–Trinajstić information content (AvgIpc) is 2.38. The molecule has 0 heterocycles. The van der Waals surface area contributed by atoms with Crippen molar-refractivity contribution in [1.82, 2.24) is 5.32 Å². The molecule has 0 radical (unpaired) electrons. The van der Waals surface area contributed by atoms with Crippen molar-refractivity contribution in [2.45, 2.75) is 19.8 Å². The van der Waals surface area contributed by atoms with E-state index in [0.29, 0.717) is 30.8 Å². The SMILES string of the molecule is CCCS(=O)(=O)Nc1ccc(NC(=O)CCNC)cc1. The van der Waals surface area contributed by atoms with Crippen LogP contribution in [0.4, 0.5) is 11.4 Å². The molecule has 1 rings (SSSR count). The minimum atomic E-state index is -3.28. The highest BCUT2D eigenvalue weighted by Crippen LogP contribution is 2.15. The summed E-state index contributed by atoms with van der Waals surface area (Å²) in [5, 5.41) is 5.63. The van der Waals surface area contributed by atoms with Crippen LogP contribution in [0.15, 0.2) is 24.3 Å². The number of carbonyl (C=O) groups is 1. The van der Waals surface area contributed by atoms with Crippen molar-refractivity contribution in [1.29, 1.82) is 0 Å². The van der Waals surface area contributed by atoms with Crippen LogP contribution < -0.4 is 15.4 Å². The predicted octanol–water partition coefficient (Wildman–Crippen LogP) is 1.39. The largest absolute Gasteiger partial charge is 0.326 e. The van der Waals surface area contributed by atoms with Crippen LogP contribution in [0.1, 0.15) is 19.8 Å². The second kappa shape index (κ2) is 7.86. The zero-order valence-electron chi connectivity index (χ0n) is 11.8. The minimum Gasteiger partial charge on any atom is -0.326 e. The summed E-state index contributed by atoms with van der Waals surface area (Å²) in [4.78, 5) is 11.5. The molecule has 1 aromatic rings. The van der Waals surface area contributed by atoms with Gasteiger partial charge in [0.05, 0.1) is 5.75 Å². The van der Waals surface area contributed by atoms with E-state index in [1.54, 1.807) is 31.3 Å². The summed E-state index contributed by atoms with van der Waals surface area (Å²) in [5.74, 6) is 0.00819. The monoisotopic (exact) mass is 299 g/mol. The number of anilines is 2. The Morgan fingerprint density at radius 1 is 1.15 bits per heavy atom. The van der Waals surface area contributed by atoms with Crippen LogP contribution in [0.5, 0.6) is 0 Å². The van der Waals surface area contributed by atoms with E-state index in [-0.39, 0.29) is 11.7 Å². The summed E-state index contributed by atoms with van der Waals surface area (Å²) in [7, 11) is -1.50. The summed E-state index contributed by atoms with van der Waals surface area (Å²) in [5.41, 5.74) is 1.14. The topological polar surface area (TPSA) is 87.3 Å². The third kappa shape index (κ3) is 6.03. The number of benzene rings is 1. The highest BCUT2D eigenvalue weighted by molar-refractivity contribution is 7.92. The molecule has 6 nitrogen and oxygen atoms in total. The Hall–Kier alpha value is -1.60. The van der Waals surface area contributed by atoms with Crippen LogP contribution in [0.25, 0.3) is 0 Å². The molecule has 3 N–H and O–H groups in total. The van der Waals surface area contributed by atoms with Gasteiger partial charge in [0.25, 0.3) is 0 Å². The molecule has 0 fully saturated rings. The van der Waals surface area contributed by atoms with E-state index in [9.17, 15) is 13.2 Å². The van der Waals surface area contributed by atoms with Crippen LogP contribution in [0.2, 0.25) is 0 Å². The molecular weight excluding hydrogens is 278 g/mol. The number of nitrogens with one attached hydrogen (secondary N) is 3. The zero-order valence-corrected chi connectivity index (χ0v) is 12.6. The molecule has 0 aliphatic heterocycles. The van der Waals surface area contributed by atoms with Crippen LogP contribution in [-0.4, -0.2) is 33.7 Å². The summed E-state index contributed by atoms with van der Waals surface area (Å²) in [6.07, 6.45) is 0.955. The molecule has 0 unspecified atom stereocenters. The Morgan fingerprint density at radius 3 is 2.30 bits per heavy atom. The second-order valence-electron chi connectivity index (χ2n) is 4.40. The maximum absolute atomic E-state index is 11.6. The Balaban J connectivity index is 2.58. The molecule has 0 aromatic heterocycles. The Labute approximate surface area is 120 Å². The van der Waals surface area contributed by atoms with Gasteiger partial charge in [-0.3, -0.25) is 9.52 Å². The zero-order chi connectivity index (χ0) is 15.0. The predicted molar refractivity (Wildman–Crippen MR) is 81.3 cm³/mol. The van der Waals surface area contributed by atoms with E-state index in [1.165, 1.54) is 0 Å². The minimum absolute atomic E-state index is 0.0846. The lowest BCUT2D eigenvalue weighted by Crippen LogP contribution is -2.19. The van der Waals surface area contributed by atoms with Crippen molar-refractivity contribution < 1.29 is 13.2 Å². The molecule has 0 saturated heterocycles. The molecule has 0 aliphatic rings. The van der Waals surface area contributed by atoms with Gasteiger partial charge in [-0.25, -0.2) is 8.42 Å². The fraction of sp³-hybridized carbons (Fsp3) is 0.462. The van der Waals surface area contributed by atoms with Gasteiger partial charge in [0.2, 0.25) is 15.9 Å². The molecule has 112 valence electrons. The van der Waals surface area contributed by atoms with Gasteiger partial charge in [-0.05, 0) is 37.7 Å². The molecule has 7 heteroatoms. The fourth-order valence-corrected chi connectivity index (χ4v) is 2.72. The summed E-state index contributed by atoms with van der Waals surface area (Å²) in [6, 6.07) is 6.59. The first kappa shape index (κ1) is 16.5. The maximum Gasteiger partial charge on any atom is 0.232 e. The average molecular weight is 299 g/mol. The van der Waals surface area contributed by atoms with Crippen molar-refractivity contribution in [3.8, 4) is 0 Å². The van der Waals surface area contributed by atoms with E-state index in [4.69, 9.17) is 0 Å². The quantitative estimate of drug-likeness (QED) is 0.677. The maximum atomic E-state index is 11.6. The van der Waals surface area contributed by atoms with Crippen LogP contribution in [0, 0.1) is 0 Å². The first-order chi connectivity index (χ1) is 9.46. The Morgan fingerprint density at radius 2 is 1.75 bits per heavy atom. The molecule has 0 aliphatic carbocycles. The smallest absolute Gasteiger partial charge is 0.232 e. The van der Waals surface area contributed by atoms with Crippen LogP contribution >= 0.6 is 0 Å². The normalized spacial score (nSPS) is 11.1. The standard InChI is InChI=1S/C13H21N3O3S/c1-3-10-20(18,19)16-12-6-4-11(5-7-12)15-13(17)8-9-14-2/h4-7,14,16H,3,8-10H2,1-2H3,(H,15,17). The second-order valence-corrected chi connectivity index (χ2v) is 6.24. The first-order valence-electron chi connectivity index (χ1n) is 6.52. The third-order valence-corrected chi connectivity index (χ3v) is 4.01.